The molecule has 0 aliphatic carbocycles. The molecule has 1 amide bonds. The van der Waals surface area contributed by atoms with Crippen molar-refractivity contribution in [3.63, 3.8) is 0 Å². The van der Waals surface area contributed by atoms with Crippen LogP contribution in [-0.4, -0.2) is 71.4 Å². The van der Waals surface area contributed by atoms with E-state index in [1.165, 1.54) is 5.56 Å². The second kappa shape index (κ2) is 7.40. The van der Waals surface area contributed by atoms with E-state index in [0.29, 0.717) is 17.6 Å². The third-order valence-corrected chi connectivity index (χ3v) is 4.70. The Bertz CT molecular complexity index is 493. The average Bonchev–Trinajstić information content (AvgIpc) is 3.06. The molecule has 2 aliphatic heterocycles. The van der Waals surface area contributed by atoms with Gasteiger partial charge in [0.15, 0.2) is 0 Å². The van der Waals surface area contributed by atoms with Crippen molar-refractivity contribution in [1.29, 1.82) is 0 Å². The van der Waals surface area contributed by atoms with Crippen LogP contribution in [0.15, 0.2) is 18.3 Å². The van der Waals surface area contributed by atoms with E-state index in [1.54, 1.807) is 0 Å². The van der Waals surface area contributed by atoms with Crippen LogP contribution in [-0.2, 0) is 11.3 Å². The highest BCUT2D eigenvalue weighted by molar-refractivity contribution is 6.29. The summed E-state index contributed by atoms with van der Waals surface area (Å²) in [6, 6.07) is 3.86. The molecule has 2 saturated heterocycles. The van der Waals surface area contributed by atoms with Gasteiger partial charge in [-0.1, -0.05) is 17.7 Å². The summed E-state index contributed by atoms with van der Waals surface area (Å²) in [6.45, 7) is 7.28. The minimum absolute atomic E-state index is 0.299. The Labute approximate surface area is 136 Å². The quantitative estimate of drug-likeness (QED) is 0.787. The Morgan fingerprint density at radius 2 is 1.73 bits per heavy atom. The largest absolute Gasteiger partial charge is 0.342 e. The summed E-state index contributed by atoms with van der Waals surface area (Å²) in [4.78, 5) is 23.0. The number of nitrogens with zero attached hydrogens (tertiary/aromatic N) is 4. The Balaban J connectivity index is 1.42. The van der Waals surface area contributed by atoms with Crippen molar-refractivity contribution in [2.24, 2.45) is 0 Å². The van der Waals surface area contributed by atoms with Crippen molar-refractivity contribution in [3.8, 4) is 0 Å². The molecule has 120 valence electrons. The zero-order chi connectivity index (χ0) is 15.4. The molecule has 0 unspecified atom stereocenters. The van der Waals surface area contributed by atoms with Crippen molar-refractivity contribution in [2.45, 2.75) is 19.4 Å². The lowest BCUT2D eigenvalue weighted by Crippen LogP contribution is -2.49. The van der Waals surface area contributed by atoms with Gasteiger partial charge < -0.3 is 4.90 Å². The van der Waals surface area contributed by atoms with E-state index in [1.807, 2.05) is 23.2 Å². The van der Waals surface area contributed by atoms with Gasteiger partial charge in [0.25, 0.3) is 0 Å². The average molecular weight is 323 g/mol. The van der Waals surface area contributed by atoms with Gasteiger partial charge in [-0.2, -0.15) is 0 Å². The molecule has 0 bridgehead atoms. The van der Waals surface area contributed by atoms with Crippen molar-refractivity contribution in [1.82, 2.24) is 19.7 Å². The lowest BCUT2D eigenvalue weighted by molar-refractivity contribution is -0.131. The minimum atomic E-state index is 0.299. The summed E-state index contributed by atoms with van der Waals surface area (Å²) in [6.07, 6.45) is 4.16. The molecule has 0 atom stereocenters. The first-order valence-corrected chi connectivity index (χ1v) is 8.41. The molecule has 1 aromatic heterocycles. The minimum Gasteiger partial charge on any atom is -0.342 e. The summed E-state index contributed by atoms with van der Waals surface area (Å²) in [5.74, 6) is 0.299. The molecule has 1 aromatic rings. The monoisotopic (exact) mass is 322 g/mol. The number of halogens is 1. The van der Waals surface area contributed by atoms with Crippen LogP contribution in [0.3, 0.4) is 0 Å². The van der Waals surface area contributed by atoms with Crippen molar-refractivity contribution in [3.05, 3.63) is 29.0 Å². The second-order valence-corrected chi connectivity index (χ2v) is 6.52. The second-order valence-electron chi connectivity index (χ2n) is 6.13. The Hall–Kier alpha value is -1.17. The summed E-state index contributed by atoms with van der Waals surface area (Å²) < 4.78 is 0. The fourth-order valence-electron chi connectivity index (χ4n) is 3.12. The maximum Gasteiger partial charge on any atom is 0.236 e. The van der Waals surface area contributed by atoms with Crippen LogP contribution >= 0.6 is 11.6 Å². The van der Waals surface area contributed by atoms with Crippen LogP contribution in [0.1, 0.15) is 18.4 Å². The number of likely N-dealkylation sites (tertiary alicyclic amines) is 1. The first-order valence-electron chi connectivity index (χ1n) is 8.03. The summed E-state index contributed by atoms with van der Waals surface area (Å²) in [5.41, 5.74) is 1.19. The normalized spacial score (nSPS) is 20.5. The molecule has 22 heavy (non-hydrogen) atoms. The number of amides is 1. The topological polar surface area (TPSA) is 39.7 Å². The first kappa shape index (κ1) is 15.7. The van der Waals surface area contributed by atoms with Crippen molar-refractivity contribution in [2.75, 3.05) is 45.8 Å². The third-order valence-electron chi connectivity index (χ3n) is 4.48. The lowest BCUT2D eigenvalue weighted by atomic mass is 10.2. The van der Waals surface area contributed by atoms with Crippen LogP contribution in [0.5, 0.6) is 0 Å². The van der Waals surface area contributed by atoms with Crippen molar-refractivity contribution >= 4 is 17.5 Å². The van der Waals surface area contributed by atoms with Crippen LogP contribution in [0.2, 0.25) is 5.15 Å². The molecule has 0 saturated carbocycles. The first-order chi connectivity index (χ1) is 10.7. The number of carbonyl (C=O) groups excluding carboxylic acids is 1. The molecule has 2 fully saturated rings. The molecule has 5 nitrogen and oxygen atoms in total. The van der Waals surface area contributed by atoms with Gasteiger partial charge >= 0.3 is 0 Å². The number of hydrogen-bond acceptors (Lipinski definition) is 4. The zero-order valence-corrected chi connectivity index (χ0v) is 13.6. The molecule has 0 radical (unpaired) electrons. The Kier molecular flexibility index (Phi) is 5.28. The maximum atomic E-state index is 12.2. The van der Waals surface area contributed by atoms with Crippen LogP contribution in [0.4, 0.5) is 0 Å². The molecule has 2 aliphatic rings. The maximum absolute atomic E-state index is 12.2. The number of carbonyl (C=O) groups is 1. The molecular formula is C16H23ClN4O. The Morgan fingerprint density at radius 3 is 2.36 bits per heavy atom. The van der Waals surface area contributed by atoms with Gasteiger partial charge in [0, 0.05) is 52.0 Å². The molecular weight excluding hydrogens is 300 g/mol. The summed E-state index contributed by atoms with van der Waals surface area (Å²) in [7, 11) is 0. The smallest absolute Gasteiger partial charge is 0.236 e. The fraction of sp³-hybridized carbons (Fsp3) is 0.625. The molecule has 0 aromatic carbocycles. The summed E-state index contributed by atoms with van der Waals surface area (Å²) in [5, 5.41) is 0.536. The van der Waals surface area contributed by atoms with E-state index in [2.05, 4.69) is 14.8 Å². The van der Waals surface area contributed by atoms with Gasteiger partial charge in [-0.05, 0) is 24.5 Å². The molecule has 0 N–H and O–H groups in total. The van der Waals surface area contributed by atoms with Crippen molar-refractivity contribution < 1.29 is 4.79 Å². The highest BCUT2D eigenvalue weighted by Gasteiger charge is 2.23. The SMILES string of the molecule is O=C(CN1CCN(Cc2ccc(Cl)nc2)CC1)N1CCCC1. The molecule has 6 heteroatoms. The molecule has 0 spiro atoms. The summed E-state index contributed by atoms with van der Waals surface area (Å²) >= 11 is 5.81. The van der Waals surface area contributed by atoms with Gasteiger partial charge in [0.05, 0.1) is 6.54 Å². The number of hydrogen-bond donors (Lipinski definition) is 0. The predicted octanol–water partition coefficient (Wildman–Crippen LogP) is 1.47. The van der Waals surface area contributed by atoms with E-state index in [9.17, 15) is 4.79 Å². The Morgan fingerprint density at radius 1 is 1.05 bits per heavy atom. The van der Waals surface area contributed by atoms with Gasteiger partial charge in [0.2, 0.25) is 5.91 Å². The highest BCUT2D eigenvalue weighted by atomic mass is 35.5. The van der Waals surface area contributed by atoms with Crippen LogP contribution in [0, 0.1) is 0 Å². The third kappa shape index (κ3) is 4.18. The molecule has 3 rings (SSSR count). The van der Waals surface area contributed by atoms with E-state index < -0.39 is 0 Å². The van der Waals surface area contributed by atoms with Gasteiger partial charge in [-0.25, -0.2) is 4.98 Å². The van der Waals surface area contributed by atoms with E-state index >= 15 is 0 Å². The standard InChI is InChI=1S/C16H23ClN4O/c17-15-4-3-14(11-18-15)12-19-7-9-20(10-8-19)13-16(22)21-5-1-2-6-21/h3-4,11H,1-2,5-10,12-13H2. The fourth-order valence-corrected chi connectivity index (χ4v) is 3.23. The predicted molar refractivity (Wildman–Crippen MR) is 86.8 cm³/mol. The van der Waals surface area contributed by atoms with Crippen LogP contribution < -0.4 is 0 Å². The van der Waals surface area contributed by atoms with Gasteiger partial charge in [0.1, 0.15) is 5.15 Å². The molecule has 3 heterocycles. The highest BCUT2D eigenvalue weighted by Crippen LogP contribution is 2.12. The van der Waals surface area contributed by atoms with Crippen LogP contribution in [0.25, 0.3) is 0 Å². The number of aromatic nitrogens is 1. The number of piperazine rings is 1. The van der Waals surface area contributed by atoms with E-state index in [4.69, 9.17) is 11.6 Å². The van der Waals surface area contributed by atoms with E-state index in [0.717, 1.165) is 58.7 Å². The number of rotatable bonds is 4. The number of pyridine rings is 1. The van der Waals surface area contributed by atoms with E-state index in [-0.39, 0.29) is 0 Å². The zero-order valence-electron chi connectivity index (χ0n) is 12.9. The lowest BCUT2D eigenvalue weighted by Gasteiger charge is -2.34. The van der Waals surface area contributed by atoms with Gasteiger partial charge in [-0.15, -0.1) is 0 Å². The van der Waals surface area contributed by atoms with Gasteiger partial charge in [-0.3, -0.25) is 14.6 Å².